The monoisotopic (exact) mass is 717 g/mol. The molecule has 1 atom stereocenters. The molecule has 0 aromatic heterocycles. The molecule has 0 bridgehead atoms. The van der Waals surface area contributed by atoms with Crippen LogP contribution in [0, 0.1) is 0 Å². The van der Waals surface area contributed by atoms with Gasteiger partial charge in [-0.1, -0.05) is 36.9 Å². The average Bonchev–Trinajstić information content (AvgIpc) is 3.33. The van der Waals surface area contributed by atoms with Crippen molar-refractivity contribution in [1.82, 2.24) is 30.0 Å². The number of fused-ring (bicyclic) bond motifs is 1. The van der Waals surface area contributed by atoms with Crippen LogP contribution < -0.4 is 10.8 Å². The standard InChI is InChI=1S/C38H51N7O7/c1-3-28-24-27(8-9-33(28)46)25-34(36(48)43-22-20-42(21-23-43)30-11-15-41(16-12-30)26-35(47)40-51-2)52-38(50)44-17-13-31(14-18-44)45-19-10-29-6-4-5-7-32(29)39-37(45)49/h3-9,24,30-31,34,46H,1,10-23,25-26H2,2H3,(H,39,49)(H,40,47)/t34-/m1/s1. The van der Waals surface area contributed by atoms with E-state index >= 15 is 0 Å². The molecule has 4 aliphatic rings. The van der Waals surface area contributed by atoms with E-state index in [9.17, 15) is 24.3 Å². The van der Waals surface area contributed by atoms with Gasteiger partial charge in [-0.05, 0) is 61.4 Å². The Morgan fingerprint density at radius 3 is 2.37 bits per heavy atom. The fourth-order valence-electron chi connectivity index (χ4n) is 7.89. The number of urea groups is 1. The molecule has 14 nitrogen and oxygen atoms in total. The summed E-state index contributed by atoms with van der Waals surface area (Å²) in [4.78, 5) is 67.3. The zero-order valence-electron chi connectivity index (χ0n) is 30.0. The molecule has 14 heteroatoms. The van der Waals surface area contributed by atoms with Crippen molar-refractivity contribution in [3.63, 3.8) is 0 Å². The molecule has 0 unspecified atom stereocenters. The first-order chi connectivity index (χ1) is 25.2. The lowest BCUT2D eigenvalue weighted by molar-refractivity contribution is -0.143. The first-order valence-electron chi connectivity index (χ1n) is 18.3. The van der Waals surface area contributed by atoms with Crippen LogP contribution in [0.5, 0.6) is 5.75 Å². The Morgan fingerprint density at radius 2 is 1.65 bits per heavy atom. The molecule has 6 rings (SSSR count). The van der Waals surface area contributed by atoms with Crippen molar-refractivity contribution in [1.29, 1.82) is 0 Å². The van der Waals surface area contributed by atoms with Crippen LogP contribution in [0.25, 0.3) is 6.08 Å². The number of phenolic OH excluding ortho intramolecular Hbond substituents is 1. The minimum atomic E-state index is -1.05. The Morgan fingerprint density at radius 1 is 0.942 bits per heavy atom. The summed E-state index contributed by atoms with van der Waals surface area (Å²) < 4.78 is 6.03. The Hall–Kier alpha value is -4.66. The van der Waals surface area contributed by atoms with E-state index in [1.165, 1.54) is 7.11 Å². The van der Waals surface area contributed by atoms with Gasteiger partial charge in [-0.15, -0.1) is 0 Å². The van der Waals surface area contributed by atoms with Crippen LogP contribution >= 0.6 is 0 Å². The summed E-state index contributed by atoms with van der Waals surface area (Å²) in [7, 11) is 1.43. The molecule has 2 aromatic rings. The first-order valence-corrected chi connectivity index (χ1v) is 18.3. The molecule has 0 aliphatic carbocycles. The number of carbonyl (C=O) groups excluding carboxylic acids is 4. The van der Waals surface area contributed by atoms with Crippen LogP contribution in [-0.4, -0.2) is 144 Å². The number of hydrogen-bond donors (Lipinski definition) is 3. The van der Waals surface area contributed by atoms with Gasteiger partial charge in [0.2, 0.25) is 0 Å². The Kier molecular flexibility index (Phi) is 12.3. The van der Waals surface area contributed by atoms with Gasteiger partial charge in [0.25, 0.3) is 11.8 Å². The molecule has 0 spiro atoms. The largest absolute Gasteiger partial charge is 0.507 e. The van der Waals surface area contributed by atoms with Gasteiger partial charge in [0.05, 0.1) is 13.7 Å². The predicted octanol–water partition coefficient (Wildman–Crippen LogP) is 2.92. The Bertz CT molecular complexity index is 1600. The van der Waals surface area contributed by atoms with Gasteiger partial charge in [-0.2, -0.15) is 0 Å². The van der Waals surface area contributed by atoms with Crippen LogP contribution in [0.15, 0.2) is 49.0 Å². The lowest BCUT2D eigenvalue weighted by atomic mass is 10.0. The summed E-state index contributed by atoms with van der Waals surface area (Å²) in [5.41, 5.74) is 5.61. The quantitative estimate of drug-likeness (QED) is 0.316. The third-order valence-electron chi connectivity index (χ3n) is 10.8. The molecule has 5 amide bonds. The topological polar surface area (TPSA) is 147 Å². The summed E-state index contributed by atoms with van der Waals surface area (Å²) in [6.07, 6.45) is 3.97. The number of hydrogen-bond acceptors (Lipinski definition) is 9. The maximum Gasteiger partial charge on any atom is 0.410 e. The van der Waals surface area contributed by atoms with E-state index in [2.05, 4.69) is 27.2 Å². The van der Waals surface area contributed by atoms with E-state index in [0.29, 0.717) is 76.8 Å². The number of rotatable bonds is 10. The van der Waals surface area contributed by atoms with Gasteiger partial charge in [-0.3, -0.25) is 24.2 Å². The third kappa shape index (κ3) is 9.03. The van der Waals surface area contributed by atoms with Crippen molar-refractivity contribution in [3.05, 3.63) is 65.7 Å². The number of piperazine rings is 1. The van der Waals surface area contributed by atoms with E-state index < -0.39 is 12.2 Å². The van der Waals surface area contributed by atoms with Gasteiger partial charge in [0.15, 0.2) is 6.10 Å². The minimum Gasteiger partial charge on any atom is -0.507 e. The molecule has 0 saturated carbocycles. The molecule has 0 radical (unpaired) electrons. The van der Waals surface area contributed by atoms with E-state index in [4.69, 9.17) is 9.57 Å². The fourth-order valence-corrected chi connectivity index (χ4v) is 7.89. The summed E-state index contributed by atoms with van der Waals surface area (Å²) in [6.45, 7) is 9.60. The molecule has 3 saturated heterocycles. The lowest BCUT2D eigenvalue weighted by Crippen LogP contribution is -2.57. The number of benzene rings is 2. The van der Waals surface area contributed by atoms with Crippen molar-refractivity contribution in [2.24, 2.45) is 0 Å². The van der Waals surface area contributed by atoms with Gasteiger partial charge in [0.1, 0.15) is 5.75 Å². The number of hydroxylamine groups is 1. The summed E-state index contributed by atoms with van der Waals surface area (Å²) in [5, 5.41) is 13.2. The second-order valence-electron chi connectivity index (χ2n) is 14.0. The molecular formula is C38H51N7O7. The zero-order valence-corrected chi connectivity index (χ0v) is 30.0. The molecular weight excluding hydrogens is 666 g/mol. The van der Waals surface area contributed by atoms with Crippen LogP contribution in [0.3, 0.4) is 0 Å². The molecule has 3 fully saturated rings. The number of piperidine rings is 2. The normalized spacial score (nSPS) is 20.0. The highest BCUT2D eigenvalue weighted by atomic mass is 16.6. The molecule has 280 valence electrons. The third-order valence-corrected chi connectivity index (χ3v) is 10.8. The SMILES string of the molecule is C=Cc1cc(C[C@@H](OC(=O)N2CCC(N3CCc4ccccc4NC3=O)CC2)C(=O)N2CCN(C3CCN(CC(=O)NOC)CC3)CC2)ccc1O. The molecule has 4 aliphatic heterocycles. The highest BCUT2D eigenvalue weighted by Crippen LogP contribution is 2.26. The van der Waals surface area contributed by atoms with E-state index in [1.54, 1.807) is 34.1 Å². The molecule has 4 heterocycles. The average molecular weight is 718 g/mol. The van der Waals surface area contributed by atoms with E-state index in [-0.39, 0.29) is 36.1 Å². The number of likely N-dealkylation sites (tertiary alicyclic amines) is 2. The van der Waals surface area contributed by atoms with Crippen LogP contribution in [0.4, 0.5) is 15.3 Å². The number of ether oxygens (including phenoxy) is 1. The number of nitrogens with one attached hydrogen (secondary N) is 2. The van der Waals surface area contributed by atoms with Gasteiger partial charge < -0.3 is 29.9 Å². The number of nitrogens with zero attached hydrogens (tertiary/aromatic N) is 5. The van der Waals surface area contributed by atoms with Crippen molar-refractivity contribution >= 4 is 35.7 Å². The van der Waals surface area contributed by atoms with Crippen molar-refractivity contribution < 1.29 is 33.9 Å². The first kappa shape index (κ1) is 37.1. The number of anilines is 1. The van der Waals surface area contributed by atoms with E-state index in [0.717, 1.165) is 49.2 Å². The smallest absolute Gasteiger partial charge is 0.410 e. The van der Waals surface area contributed by atoms with Crippen LogP contribution in [0.2, 0.25) is 0 Å². The fraction of sp³-hybridized carbons (Fsp3) is 0.526. The molecule has 3 N–H and O–H groups in total. The number of phenols is 1. The molecule has 52 heavy (non-hydrogen) atoms. The maximum atomic E-state index is 14.1. The lowest BCUT2D eigenvalue weighted by Gasteiger charge is -2.43. The second-order valence-corrected chi connectivity index (χ2v) is 14.0. The summed E-state index contributed by atoms with van der Waals surface area (Å²) >= 11 is 0. The van der Waals surface area contributed by atoms with Crippen molar-refractivity contribution in [2.75, 3.05) is 77.9 Å². The summed E-state index contributed by atoms with van der Waals surface area (Å²) in [6, 6.07) is 13.1. The zero-order chi connectivity index (χ0) is 36.6. The van der Waals surface area contributed by atoms with Crippen LogP contribution in [0.1, 0.15) is 42.4 Å². The van der Waals surface area contributed by atoms with Gasteiger partial charge in [-0.25, -0.2) is 15.1 Å². The number of amides is 5. The number of aromatic hydroxyl groups is 1. The predicted molar refractivity (Wildman–Crippen MR) is 195 cm³/mol. The van der Waals surface area contributed by atoms with Gasteiger partial charge in [0, 0.05) is 88.7 Å². The highest BCUT2D eigenvalue weighted by Gasteiger charge is 2.36. The number of para-hydroxylation sites is 1. The Labute approximate surface area is 305 Å². The minimum absolute atomic E-state index is 0.0104. The maximum absolute atomic E-state index is 14.1. The highest BCUT2D eigenvalue weighted by molar-refractivity contribution is 5.91. The van der Waals surface area contributed by atoms with Gasteiger partial charge >= 0.3 is 12.1 Å². The summed E-state index contributed by atoms with van der Waals surface area (Å²) in [5.74, 6) is -0.311. The Balaban J connectivity index is 1.04. The number of carbonyl (C=O) groups is 4. The van der Waals surface area contributed by atoms with Crippen molar-refractivity contribution in [3.8, 4) is 5.75 Å². The van der Waals surface area contributed by atoms with E-state index in [1.807, 2.05) is 29.2 Å². The second kappa shape index (κ2) is 17.2. The van der Waals surface area contributed by atoms with Crippen LogP contribution in [-0.2, 0) is 32.0 Å². The molecule has 2 aromatic carbocycles. The van der Waals surface area contributed by atoms with Crippen molar-refractivity contribution in [2.45, 2.75) is 56.7 Å².